The molecule has 0 unspecified atom stereocenters. The zero-order valence-electron chi connectivity index (χ0n) is 17.7. The minimum atomic E-state index is -3.04. The van der Waals surface area contributed by atoms with Crippen LogP contribution in [0.15, 0.2) is 64.4 Å². The number of hydrogen-bond acceptors (Lipinski definition) is 6. The number of nitrogens with one attached hydrogen (secondary N) is 1. The Morgan fingerprint density at radius 2 is 1.78 bits per heavy atom. The largest absolute Gasteiger partial charge is 0.339 e. The fourth-order valence-electron chi connectivity index (χ4n) is 4.30. The number of hydrogen-bond donors (Lipinski definition) is 1. The van der Waals surface area contributed by atoms with Crippen molar-refractivity contribution in [3.63, 3.8) is 0 Å². The molecule has 0 aliphatic carbocycles. The van der Waals surface area contributed by atoms with E-state index >= 15 is 0 Å². The lowest BCUT2D eigenvalue weighted by Gasteiger charge is -2.32. The second-order valence-electron chi connectivity index (χ2n) is 8.16. The Morgan fingerprint density at radius 3 is 2.41 bits per heavy atom. The molecule has 7 nitrogen and oxygen atoms in total. The van der Waals surface area contributed by atoms with E-state index in [1.807, 2.05) is 31.2 Å². The first kappa shape index (κ1) is 21.1. The smallest absolute Gasteiger partial charge is 0.227 e. The minimum absolute atomic E-state index is 0.0655. The lowest BCUT2D eigenvalue weighted by Crippen LogP contribution is -2.26. The van der Waals surface area contributed by atoms with Gasteiger partial charge in [-0.05, 0) is 37.6 Å². The maximum Gasteiger partial charge on any atom is 0.227 e. The number of fused-ring (bicyclic) bond motifs is 2. The molecular formula is C23H24N4O3S2. The van der Waals surface area contributed by atoms with Gasteiger partial charge in [-0.15, -0.1) is 0 Å². The molecule has 1 aromatic heterocycles. The summed E-state index contributed by atoms with van der Waals surface area (Å²) < 4.78 is 25.5. The summed E-state index contributed by atoms with van der Waals surface area (Å²) in [5.41, 5.74) is 2.95. The minimum Gasteiger partial charge on any atom is -0.339 e. The van der Waals surface area contributed by atoms with Gasteiger partial charge >= 0.3 is 0 Å². The van der Waals surface area contributed by atoms with Gasteiger partial charge < -0.3 is 10.2 Å². The molecule has 2 aliphatic rings. The van der Waals surface area contributed by atoms with E-state index in [-0.39, 0.29) is 23.5 Å². The third-order valence-electron chi connectivity index (χ3n) is 5.77. The van der Waals surface area contributed by atoms with Crippen molar-refractivity contribution >= 4 is 44.7 Å². The Hall–Kier alpha value is -2.78. The van der Waals surface area contributed by atoms with Gasteiger partial charge in [0.1, 0.15) is 5.82 Å². The van der Waals surface area contributed by atoms with Crippen LogP contribution < -0.4 is 10.2 Å². The topological polar surface area (TPSA) is 84.3 Å². The SMILES string of the molecule is Cc1cc(NC(=O)CCN2c3ccccc3Sc3ccccc32)n([C@@H]2CCS(=O)(=O)C2)n1. The normalized spacial score (nSPS) is 18.8. The Balaban J connectivity index is 1.32. The van der Waals surface area contributed by atoms with Crippen LogP contribution in [0.5, 0.6) is 0 Å². The van der Waals surface area contributed by atoms with Gasteiger partial charge in [-0.25, -0.2) is 13.1 Å². The summed E-state index contributed by atoms with van der Waals surface area (Å²) in [6.45, 7) is 2.38. The predicted octanol–water partition coefficient (Wildman–Crippen LogP) is 4.18. The number of carbonyl (C=O) groups excluding carboxylic acids is 1. The Bertz CT molecular complexity index is 1240. The van der Waals surface area contributed by atoms with Crippen LogP contribution in [-0.2, 0) is 14.6 Å². The molecular weight excluding hydrogens is 444 g/mol. The first-order valence-corrected chi connectivity index (χ1v) is 13.2. The van der Waals surface area contributed by atoms with Crippen molar-refractivity contribution in [2.75, 3.05) is 28.3 Å². The number of sulfone groups is 1. The molecule has 3 aromatic rings. The third-order valence-corrected chi connectivity index (χ3v) is 8.65. The monoisotopic (exact) mass is 468 g/mol. The van der Waals surface area contributed by atoms with Crippen molar-refractivity contribution < 1.29 is 13.2 Å². The number of aryl methyl sites for hydroxylation is 1. The van der Waals surface area contributed by atoms with E-state index in [1.54, 1.807) is 22.5 Å². The molecule has 1 amide bonds. The summed E-state index contributed by atoms with van der Waals surface area (Å²) in [7, 11) is -3.04. The van der Waals surface area contributed by atoms with Gasteiger partial charge in [0.05, 0.1) is 34.6 Å². The highest BCUT2D eigenvalue weighted by Crippen LogP contribution is 2.47. The van der Waals surface area contributed by atoms with E-state index in [0.29, 0.717) is 25.2 Å². The Labute approximate surface area is 191 Å². The van der Waals surface area contributed by atoms with Gasteiger partial charge in [0.15, 0.2) is 9.84 Å². The number of benzene rings is 2. The molecule has 1 fully saturated rings. The molecule has 166 valence electrons. The van der Waals surface area contributed by atoms with E-state index in [1.165, 1.54) is 9.79 Å². The van der Waals surface area contributed by atoms with Crippen LogP contribution in [0, 0.1) is 6.92 Å². The molecule has 3 heterocycles. The van der Waals surface area contributed by atoms with Crippen molar-refractivity contribution in [2.24, 2.45) is 0 Å². The van der Waals surface area contributed by atoms with Crippen LogP contribution in [0.2, 0.25) is 0 Å². The third kappa shape index (κ3) is 4.14. The molecule has 1 saturated heterocycles. The molecule has 0 bridgehead atoms. The summed E-state index contributed by atoms with van der Waals surface area (Å²) in [6.07, 6.45) is 0.811. The fraction of sp³-hybridized carbons (Fsp3) is 0.304. The van der Waals surface area contributed by atoms with Gasteiger partial charge in [0.25, 0.3) is 0 Å². The van der Waals surface area contributed by atoms with Crippen molar-refractivity contribution in [2.45, 2.75) is 35.6 Å². The summed E-state index contributed by atoms with van der Waals surface area (Å²) in [5, 5.41) is 7.40. The highest BCUT2D eigenvalue weighted by Gasteiger charge is 2.31. The zero-order chi connectivity index (χ0) is 22.3. The number of amides is 1. The quantitative estimate of drug-likeness (QED) is 0.605. The van der Waals surface area contributed by atoms with Crippen molar-refractivity contribution in [3.05, 3.63) is 60.3 Å². The van der Waals surface area contributed by atoms with E-state index in [9.17, 15) is 13.2 Å². The average molecular weight is 469 g/mol. The van der Waals surface area contributed by atoms with Gasteiger partial charge in [-0.3, -0.25) is 4.79 Å². The van der Waals surface area contributed by atoms with Gasteiger partial charge in [-0.2, -0.15) is 5.10 Å². The molecule has 9 heteroatoms. The standard InChI is InChI=1S/C23H24N4O3S2/c1-16-14-22(27(25-16)17-11-13-32(29,30)15-17)24-23(28)10-12-26-18-6-2-4-8-20(18)31-21-9-5-3-7-19(21)26/h2-9,14,17H,10-13,15H2,1H3,(H,24,28)/t17-/m1/s1. The molecule has 0 spiro atoms. The highest BCUT2D eigenvalue weighted by molar-refractivity contribution is 7.99. The average Bonchev–Trinajstić information content (AvgIpc) is 3.32. The Kier molecular flexibility index (Phi) is 5.46. The lowest BCUT2D eigenvalue weighted by atomic mass is 10.2. The van der Waals surface area contributed by atoms with Crippen molar-refractivity contribution in [1.29, 1.82) is 0 Å². The molecule has 2 aliphatic heterocycles. The number of nitrogens with zero attached hydrogens (tertiary/aromatic N) is 3. The van der Waals surface area contributed by atoms with E-state index in [2.05, 4.69) is 39.6 Å². The molecule has 32 heavy (non-hydrogen) atoms. The summed E-state index contributed by atoms with van der Waals surface area (Å²) >= 11 is 1.74. The van der Waals surface area contributed by atoms with Crippen LogP contribution in [0.4, 0.5) is 17.2 Å². The van der Waals surface area contributed by atoms with Crippen molar-refractivity contribution in [3.8, 4) is 0 Å². The van der Waals surface area contributed by atoms with Crippen LogP contribution in [0.25, 0.3) is 0 Å². The first-order chi connectivity index (χ1) is 15.4. The van der Waals surface area contributed by atoms with Crippen molar-refractivity contribution in [1.82, 2.24) is 9.78 Å². The summed E-state index contributed by atoms with van der Waals surface area (Å²) in [4.78, 5) is 17.4. The van der Waals surface area contributed by atoms with Crippen LogP contribution in [-0.4, -0.2) is 42.2 Å². The molecule has 0 radical (unpaired) electrons. The van der Waals surface area contributed by atoms with Crippen LogP contribution in [0.1, 0.15) is 24.6 Å². The van der Waals surface area contributed by atoms with E-state index < -0.39 is 9.84 Å². The molecule has 0 saturated carbocycles. The molecule has 1 N–H and O–H groups in total. The Morgan fingerprint density at radius 1 is 1.12 bits per heavy atom. The zero-order valence-corrected chi connectivity index (χ0v) is 19.3. The molecule has 2 aromatic carbocycles. The van der Waals surface area contributed by atoms with Gasteiger partial charge in [0.2, 0.25) is 5.91 Å². The maximum absolute atomic E-state index is 12.9. The summed E-state index contributed by atoms with van der Waals surface area (Å²) in [5.74, 6) is 0.663. The lowest BCUT2D eigenvalue weighted by molar-refractivity contribution is -0.116. The predicted molar refractivity (Wildman–Crippen MR) is 127 cm³/mol. The number of aromatic nitrogens is 2. The van der Waals surface area contributed by atoms with Gasteiger partial charge in [-0.1, -0.05) is 36.0 Å². The molecule has 5 rings (SSSR count). The van der Waals surface area contributed by atoms with Gasteiger partial charge in [0, 0.05) is 28.8 Å². The van der Waals surface area contributed by atoms with E-state index in [0.717, 1.165) is 17.1 Å². The number of anilines is 3. The fourth-order valence-corrected chi connectivity index (χ4v) is 7.09. The maximum atomic E-state index is 12.9. The summed E-state index contributed by atoms with van der Waals surface area (Å²) in [6, 6.07) is 18.0. The van der Waals surface area contributed by atoms with E-state index in [4.69, 9.17) is 0 Å². The number of rotatable bonds is 5. The number of carbonyl (C=O) groups is 1. The first-order valence-electron chi connectivity index (χ1n) is 10.6. The van der Waals surface area contributed by atoms with Crippen LogP contribution >= 0.6 is 11.8 Å². The highest BCUT2D eigenvalue weighted by atomic mass is 32.2. The number of para-hydroxylation sites is 2. The second-order valence-corrected chi connectivity index (χ2v) is 11.5. The molecule has 1 atom stereocenters. The second kappa shape index (κ2) is 8.29. The van der Waals surface area contributed by atoms with Crippen LogP contribution in [0.3, 0.4) is 0 Å².